The van der Waals surface area contributed by atoms with Crippen LogP contribution in [0.2, 0.25) is 0 Å². The van der Waals surface area contributed by atoms with Crippen LogP contribution in [0.4, 0.5) is 0 Å². The molecule has 0 heterocycles. The van der Waals surface area contributed by atoms with Crippen LogP contribution < -0.4 is 5.32 Å². The molecule has 1 amide bonds. The molecular weight excluding hydrogens is 392 g/mol. The van der Waals surface area contributed by atoms with E-state index in [-0.39, 0.29) is 7.33 Å². The summed E-state index contributed by atoms with van der Waals surface area (Å²) in [5.41, 5.74) is 0. The lowest BCUT2D eigenvalue weighted by molar-refractivity contribution is -0.121. The fourth-order valence-electron chi connectivity index (χ4n) is 3.04. The SMILES string of the molecule is CC/C=C\C/C=C\C/C=C\C/C=C\C/C=C\C/C=C\CCC(=O)NCCN(CC)CCC.[HH]. The van der Waals surface area contributed by atoms with Crippen molar-refractivity contribution in [2.45, 2.75) is 78.6 Å². The molecule has 0 bridgehead atoms. The lowest BCUT2D eigenvalue weighted by Gasteiger charge is -2.19. The molecule has 3 nitrogen and oxygen atoms in total. The molecule has 0 rings (SSSR count). The summed E-state index contributed by atoms with van der Waals surface area (Å²) >= 11 is 0. The molecule has 0 fully saturated rings. The van der Waals surface area contributed by atoms with E-state index >= 15 is 0 Å². The molecule has 0 aliphatic rings. The number of amides is 1. The quantitative estimate of drug-likeness (QED) is 0.197. The maximum absolute atomic E-state index is 11.9. The molecule has 0 unspecified atom stereocenters. The molecule has 182 valence electrons. The van der Waals surface area contributed by atoms with Gasteiger partial charge in [0.1, 0.15) is 0 Å². The summed E-state index contributed by atoms with van der Waals surface area (Å²) < 4.78 is 0. The van der Waals surface area contributed by atoms with E-state index in [0.29, 0.717) is 6.42 Å². The van der Waals surface area contributed by atoms with Crippen LogP contribution in [0.5, 0.6) is 0 Å². The van der Waals surface area contributed by atoms with Crippen LogP contribution >= 0.6 is 0 Å². The smallest absolute Gasteiger partial charge is 0.220 e. The number of carbonyl (C=O) groups is 1. The van der Waals surface area contributed by atoms with Crippen LogP contribution in [0.15, 0.2) is 72.9 Å². The second-order valence-corrected chi connectivity index (χ2v) is 7.74. The predicted molar refractivity (Wildman–Crippen MR) is 145 cm³/mol. The summed E-state index contributed by atoms with van der Waals surface area (Å²) in [5.74, 6) is 0.150. The Balaban J connectivity index is 0. The van der Waals surface area contributed by atoms with E-state index in [4.69, 9.17) is 0 Å². The van der Waals surface area contributed by atoms with E-state index in [1.54, 1.807) is 0 Å². The highest BCUT2D eigenvalue weighted by atomic mass is 16.1. The van der Waals surface area contributed by atoms with E-state index in [1.807, 2.05) is 0 Å². The molecule has 0 aliphatic carbocycles. The van der Waals surface area contributed by atoms with Gasteiger partial charge in [-0.1, -0.05) is 93.7 Å². The van der Waals surface area contributed by atoms with E-state index in [0.717, 1.165) is 77.5 Å². The van der Waals surface area contributed by atoms with E-state index in [9.17, 15) is 4.79 Å². The summed E-state index contributed by atoms with van der Waals surface area (Å²) in [7, 11) is 0. The predicted octanol–water partition coefficient (Wildman–Crippen LogP) is 7.56. The zero-order valence-electron chi connectivity index (χ0n) is 21.0. The number of hydrogen-bond donors (Lipinski definition) is 1. The average Bonchev–Trinajstić information content (AvgIpc) is 2.80. The highest BCUT2D eigenvalue weighted by Crippen LogP contribution is 1.98. The number of carbonyl (C=O) groups excluding carboxylic acids is 1. The van der Waals surface area contributed by atoms with Crippen molar-refractivity contribution in [2.75, 3.05) is 26.2 Å². The lowest BCUT2D eigenvalue weighted by atomic mass is 10.2. The fraction of sp³-hybridized carbons (Fsp3) is 0.552. The van der Waals surface area contributed by atoms with Gasteiger partial charge < -0.3 is 10.2 Å². The van der Waals surface area contributed by atoms with E-state index in [2.05, 4.69) is 104 Å². The zero-order valence-corrected chi connectivity index (χ0v) is 21.0. The number of likely N-dealkylation sites (N-methyl/N-ethyl adjacent to an activating group) is 1. The number of hydrogen-bond acceptors (Lipinski definition) is 2. The van der Waals surface area contributed by atoms with Gasteiger partial charge in [-0.25, -0.2) is 0 Å². The minimum absolute atomic E-state index is 0. The van der Waals surface area contributed by atoms with Crippen molar-refractivity contribution in [2.24, 2.45) is 0 Å². The van der Waals surface area contributed by atoms with Crippen molar-refractivity contribution in [1.82, 2.24) is 10.2 Å². The number of allylic oxidation sites excluding steroid dienone is 12. The Morgan fingerprint density at radius 2 is 1.16 bits per heavy atom. The first-order valence-electron chi connectivity index (χ1n) is 12.6. The third-order valence-electron chi connectivity index (χ3n) is 4.87. The Kier molecular flexibility index (Phi) is 23.5. The number of rotatable bonds is 20. The molecule has 0 aromatic rings. The van der Waals surface area contributed by atoms with Gasteiger partial charge in [-0.3, -0.25) is 4.79 Å². The first-order valence-corrected chi connectivity index (χ1v) is 12.6. The monoisotopic (exact) mass is 442 g/mol. The van der Waals surface area contributed by atoms with Crippen molar-refractivity contribution in [3.05, 3.63) is 72.9 Å². The summed E-state index contributed by atoms with van der Waals surface area (Å²) in [6.07, 6.45) is 34.9. The Labute approximate surface area is 200 Å². The standard InChI is InChI=1S/C29H48N2O.H2/c1-4-7-8-9-10-11-12-13-14-15-16-17-18-19-20-21-22-23-24-25-29(32)30-26-28-31(6-3)27-5-2;/h7-8,10-11,13-14,16-17,19-20,22-23H,4-6,9,12,15,18,21,24-28H2,1-3H3,(H,30,32);1H/b8-7-,11-10-,14-13-,17-16-,20-19-,23-22-;. The molecule has 0 aliphatic heterocycles. The van der Waals surface area contributed by atoms with Gasteiger partial charge in [0.05, 0.1) is 0 Å². The van der Waals surface area contributed by atoms with Gasteiger partial charge in [0, 0.05) is 20.9 Å². The molecule has 0 saturated heterocycles. The number of nitrogens with zero attached hydrogens (tertiary/aromatic N) is 1. The molecule has 0 atom stereocenters. The molecule has 0 spiro atoms. The van der Waals surface area contributed by atoms with E-state index < -0.39 is 0 Å². The third kappa shape index (κ3) is 22.6. The molecule has 0 radical (unpaired) electrons. The Hall–Kier alpha value is -2.13. The normalized spacial score (nSPS) is 12.9. The fourth-order valence-corrected chi connectivity index (χ4v) is 3.04. The first-order chi connectivity index (χ1) is 15.7. The summed E-state index contributed by atoms with van der Waals surface area (Å²) in [4.78, 5) is 14.2. The maximum Gasteiger partial charge on any atom is 0.220 e. The van der Waals surface area contributed by atoms with Gasteiger partial charge >= 0.3 is 0 Å². The van der Waals surface area contributed by atoms with Crippen LogP contribution in [0.1, 0.15) is 80.0 Å². The molecule has 3 heteroatoms. The molecular formula is C29H50N2O. The summed E-state index contributed by atoms with van der Waals surface area (Å²) in [5, 5.41) is 3.02. The van der Waals surface area contributed by atoms with Gasteiger partial charge in [-0.2, -0.15) is 0 Å². The van der Waals surface area contributed by atoms with Crippen LogP contribution in [0.25, 0.3) is 0 Å². The topological polar surface area (TPSA) is 32.3 Å². The first kappa shape index (κ1) is 29.9. The molecule has 0 aromatic heterocycles. The zero-order chi connectivity index (χ0) is 23.5. The highest BCUT2D eigenvalue weighted by Gasteiger charge is 2.02. The molecule has 32 heavy (non-hydrogen) atoms. The summed E-state index contributed by atoms with van der Waals surface area (Å²) in [6, 6.07) is 0. The van der Waals surface area contributed by atoms with Crippen molar-refractivity contribution >= 4 is 5.91 Å². The lowest BCUT2D eigenvalue weighted by Crippen LogP contribution is -2.35. The van der Waals surface area contributed by atoms with Gasteiger partial charge in [-0.05, 0) is 64.5 Å². The molecule has 0 aromatic carbocycles. The molecule has 1 N–H and O–H groups in total. The van der Waals surface area contributed by atoms with Crippen molar-refractivity contribution < 1.29 is 6.22 Å². The Bertz CT molecular complexity index is 603. The van der Waals surface area contributed by atoms with Gasteiger partial charge in [0.25, 0.3) is 0 Å². The maximum atomic E-state index is 11.9. The van der Waals surface area contributed by atoms with Crippen LogP contribution in [0.3, 0.4) is 0 Å². The summed E-state index contributed by atoms with van der Waals surface area (Å²) in [6.45, 7) is 10.3. The second kappa shape index (κ2) is 25.1. The average molecular weight is 443 g/mol. The largest absolute Gasteiger partial charge is 0.355 e. The number of nitrogens with one attached hydrogen (secondary N) is 1. The van der Waals surface area contributed by atoms with Gasteiger partial charge in [0.15, 0.2) is 0 Å². The minimum Gasteiger partial charge on any atom is -0.355 e. The third-order valence-corrected chi connectivity index (χ3v) is 4.87. The van der Waals surface area contributed by atoms with Gasteiger partial charge in [0.2, 0.25) is 5.91 Å². The van der Waals surface area contributed by atoms with Crippen LogP contribution in [-0.4, -0.2) is 37.0 Å². The van der Waals surface area contributed by atoms with Crippen LogP contribution in [0, 0.1) is 0 Å². The minimum atomic E-state index is 0. The van der Waals surface area contributed by atoms with Crippen LogP contribution in [-0.2, 0) is 4.79 Å². The van der Waals surface area contributed by atoms with Gasteiger partial charge in [-0.15, -0.1) is 0 Å². The highest BCUT2D eigenvalue weighted by molar-refractivity contribution is 5.75. The van der Waals surface area contributed by atoms with Crippen molar-refractivity contribution in [3.63, 3.8) is 0 Å². The van der Waals surface area contributed by atoms with Crippen molar-refractivity contribution in [3.8, 4) is 0 Å². The molecule has 0 saturated carbocycles. The second-order valence-electron chi connectivity index (χ2n) is 7.74. The van der Waals surface area contributed by atoms with Crippen molar-refractivity contribution in [1.29, 1.82) is 0 Å². The Morgan fingerprint density at radius 3 is 1.59 bits per heavy atom. The van der Waals surface area contributed by atoms with E-state index in [1.165, 1.54) is 0 Å². The Morgan fingerprint density at radius 1 is 0.688 bits per heavy atom.